The summed E-state index contributed by atoms with van der Waals surface area (Å²) < 4.78 is 40.8. The molecule has 1 heterocycles. The van der Waals surface area contributed by atoms with E-state index in [-0.39, 0.29) is 24.0 Å². The SMILES string of the molecule is CCCOc1ccc(CN=C(NCC)NCCNC(=O)c2ccco2)c(OC(F)F)c1. The minimum Gasteiger partial charge on any atom is -0.493 e. The van der Waals surface area contributed by atoms with Crippen LogP contribution in [0.15, 0.2) is 46.0 Å². The van der Waals surface area contributed by atoms with E-state index in [0.717, 1.165) is 6.42 Å². The summed E-state index contributed by atoms with van der Waals surface area (Å²) in [4.78, 5) is 16.2. The summed E-state index contributed by atoms with van der Waals surface area (Å²) in [7, 11) is 0. The van der Waals surface area contributed by atoms with E-state index in [9.17, 15) is 13.6 Å². The standard InChI is InChI=1S/C21H28F2N4O4/c1-3-11-29-16-8-7-15(18(13-16)31-20(22)23)14-27-21(24-4-2)26-10-9-25-19(28)17-6-5-12-30-17/h5-8,12-13,20H,3-4,9-11,14H2,1-2H3,(H,25,28)(H2,24,26,27). The van der Waals surface area contributed by atoms with Crippen molar-refractivity contribution in [1.82, 2.24) is 16.0 Å². The molecular weight excluding hydrogens is 410 g/mol. The molecule has 31 heavy (non-hydrogen) atoms. The van der Waals surface area contributed by atoms with Gasteiger partial charge in [-0.25, -0.2) is 4.99 Å². The van der Waals surface area contributed by atoms with Crippen molar-refractivity contribution in [3.05, 3.63) is 47.9 Å². The van der Waals surface area contributed by atoms with Crippen LogP contribution in [0.25, 0.3) is 0 Å². The number of rotatable bonds is 12. The van der Waals surface area contributed by atoms with Gasteiger partial charge in [0.2, 0.25) is 0 Å². The van der Waals surface area contributed by atoms with E-state index in [1.54, 1.807) is 24.3 Å². The van der Waals surface area contributed by atoms with E-state index in [4.69, 9.17) is 9.15 Å². The van der Waals surface area contributed by atoms with Gasteiger partial charge in [-0.15, -0.1) is 0 Å². The van der Waals surface area contributed by atoms with Crippen molar-refractivity contribution in [1.29, 1.82) is 0 Å². The number of amides is 1. The smallest absolute Gasteiger partial charge is 0.387 e. The molecule has 0 aliphatic carbocycles. The Morgan fingerprint density at radius 2 is 1.97 bits per heavy atom. The van der Waals surface area contributed by atoms with Crippen LogP contribution in [-0.4, -0.2) is 44.7 Å². The molecule has 2 rings (SSSR count). The number of hydrogen-bond acceptors (Lipinski definition) is 5. The Morgan fingerprint density at radius 1 is 1.16 bits per heavy atom. The van der Waals surface area contributed by atoms with Gasteiger partial charge >= 0.3 is 6.61 Å². The van der Waals surface area contributed by atoms with Crippen LogP contribution in [-0.2, 0) is 6.54 Å². The van der Waals surface area contributed by atoms with Crippen molar-refractivity contribution in [2.45, 2.75) is 33.4 Å². The van der Waals surface area contributed by atoms with Crippen LogP contribution in [0, 0.1) is 0 Å². The van der Waals surface area contributed by atoms with Crippen LogP contribution in [0.4, 0.5) is 8.78 Å². The number of carbonyl (C=O) groups excluding carboxylic acids is 1. The Bertz CT molecular complexity index is 829. The number of ether oxygens (including phenoxy) is 2. The maximum Gasteiger partial charge on any atom is 0.387 e. The van der Waals surface area contributed by atoms with Gasteiger partial charge in [-0.3, -0.25) is 4.79 Å². The predicted octanol–water partition coefficient (Wildman–Crippen LogP) is 3.15. The molecule has 1 aromatic heterocycles. The summed E-state index contributed by atoms with van der Waals surface area (Å²) in [5, 5.41) is 8.85. The van der Waals surface area contributed by atoms with Gasteiger partial charge in [0.1, 0.15) is 11.5 Å². The summed E-state index contributed by atoms with van der Waals surface area (Å²) in [5.74, 6) is 0.881. The van der Waals surface area contributed by atoms with Crippen molar-refractivity contribution in [2.24, 2.45) is 4.99 Å². The second-order valence-corrected chi connectivity index (χ2v) is 6.35. The fourth-order valence-corrected chi connectivity index (χ4v) is 2.54. The lowest BCUT2D eigenvalue weighted by Gasteiger charge is -2.14. The molecule has 0 aliphatic rings. The lowest BCUT2D eigenvalue weighted by molar-refractivity contribution is -0.0505. The third-order valence-electron chi connectivity index (χ3n) is 3.93. The summed E-state index contributed by atoms with van der Waals surface area (Å²) in [6, 6.07) is 8.00. The van der Waals surface area contributed by atoms with Crippen LogP contribution in [0.1, 0.15) is 36.4 Å². The van der Waals surface area contributed by atoms with E-state index in [2.05, 4.69) is 25.7 Å². The van der Waals surface area contributed by atoms with Gasteiger partial charge < -0.3 is 29.8 Å². The third kappa shape index (κ3) is 8.53. The molecule has 0 saturated carbocycles. The monoisotopic (exact) mass is 438 g/mol. The normalized spacial score (nSPS) is 11.3. The van der Waals surface area contributed by atoms with E-state index >= 15 is 0 Å². The number of carbonyl (C=O) groups is 1. The molecule has 3 N–H and O–H groups in total. The molecule has 0 fully saturated rings. The number of guanidine groups is 1. The molecule has 0 unspecified atom stereocenters. The fourth-order valence-electron chi connectivity index (χ4n) is 2.54. The van der Waals surface area contributed by atoms with Crippen LogP contribution in [0.3, 0.4) is 0 Å². The molecule has 0 atom stereocenters. The molecule has 1 aromatic carbocycles. The highest BCUT2D eigenvalue weighted by Gasteiger charge is 2.12. The topological polar surface area (TPSA) is 97.1 Å². The van der Waals surface area contributed by atoms with Gasteiger partial charge in [0.05, 0.1) is 19.4 Å². The number of benzene rings is 1. The van der Waals surface area contributed by atoms with Crippen molar-refractivity contribution in [3.8, 4) is 11.5 Å². The Morgan fingerprint density at radius 3 is 2.65 bits per heavy atom. The number of nitrogens with zero attached hydrogens (tertiary/aromatic N) is 1. The van der Waals surface area contributed by atoms with Crippen LogP contribution in [0.2, 0.25) is 0 Å². The predicted molar refractivity (Wildman–Crippen MR) is 113 cm³/mol. The Balaban J connectivity index is 1.95. The minimum absolute atomic E-state index is 0.0221. The highest BCUT2D eigenvalue weighted by Crippen LogP contribution is 2.27. The maximum atomic E-state index is 12.8. The van der Waals surface area contributed by atoms with Gasteiger partial charge in [0.15, 0.2) is 11.7 Å². The summed E-state index contributed by atoms with van der Waals surface area (Å²) in [5.41, 5.74) is 0.493. The quantitative estimate of drug-likeness (QED) is 0.268. The molecule has 0 radical (unpaired) electrons. The van der Waals surface area contributed by atoms with Crippen LogP contribution >= 0.6 is 0 Å². The van der Waals surface area contributed by atoms with Gasteiger partial charge in [-0.1, -0.05) is 6.92 Å². The number of halogens is 2. The molecule has 8 nitrogen and oxygen atoms in total. The first kappa shape index (κ1) is 24.0. The second kappa shape index (κ2) is 13.1. The summed E-state index contributed by atoms with van der Waals surface area (Å²) >= 11 is 0. The zero-order valence-corrected chi connectivity index (χ0v) is 17.6. The molecule has 0 aliphatic heterocycles. The highest BCUT2D eigenvalue weighted by molar-refractivity contribution is 5.91. The molecule has 1 amide bonds. The van der Waals surface area contributed by atoms with Gasteiger partial charge in [-0.2, -0.15) is 8.78 Å². The summed E-state index contributed by atoms with van der Waals surface area (Å²) in [6.45, 7) is 2.86. The Hall–Kier alpha value is -3.30. The van der Waals surface area contributed by atoms with E-state index in [1.165, 1.54) is 12.3 Å². The van der Waals surface area contributed by atoms with Crippen molar-refractivity contribution >= 4 is 11.9 Å². The van der Waals surface area contributed by atoms with Gasteiger partial charge in [0, 0.05) is 31.3 Å². The van der Waals surface area contributed by atoms with Crippen molar-refractivity contribution < 1.29 is 27.5 Å². The van der Waals surface area contributed by atoms with Crippen molar-refractivity contribution in [3.63, 3.8) is 0 Å². The lowest BCUT2D eigenvalue weighted by Crippen LogP contribution is -2.41. The van der Waals surface area contributed by atoms with Gasteiger partial charge in [-0.05, 0) is 37.6 Å². The number of aliphatic imine (C=N–C) groups is 1. The third-order valence-corrected chi connectivity index (χ3v) is 3.93. The summed E-state index contributed by atoms with van der Waals surface area (Å²) in [6.07, 6.45) is 2.23. The first-order valence-electron chi connectivity index (χ1n) is 10.1. The first-order valence-corrected chi connectivity index (χ1v) is 10.1. The largest absolute Gasteiger partial charge is 0.493 e. The van der Waals surface area contributed by atoms with E-state index < -0.39 is 6.61 Å². The van der Waals surface area contributed by atoms with Gasteiger partial charge in [0.25, 0.3) is 5.91 Å². The minimum atomic E-state index is -2.95. The molecule has 0 spiro atoms. The number of nitrogens with one attached hydrogen (secondary N) is 3. The Kier molecular flexibility index (Phi) is 10.1. The van der Waals surface area contributed by atoms with Crippen LogP contribution in [0.5, 0.6) is 11.5 Å². The average Bonchev–Trinajstić information content (AvgIpc) is 3.29. The Labute approximate surface area is 180 Å². The number of furan rings is 1. The second-order valence-electron chi connectivity index (χ2n) is 6.35. The molecule has 2 aromatic rings. The number of alkyl halides is 2. The lowest BCUT2D eigenvalue weighted by atomic mass is 10.2. The molecule has 170 valence electrons. The molecule has 10 heteroatoms. The molecular formula is C21H28F2N4O4. The molecule has 0 bridgehead atoms. The highest BCUT2D eigenvalue weighted by atomic mass is 19.3. The van der Waals surface area contributed by atoms with Crippen LogP contribution < -0.4 is 25.4 Å². The maximum absolute atomic E-state index is 12.8. The fraction of sp³-hybridized carbons (Fsp3) is 0.429. The number of hydrogen-bond donors (Lipinski definition) is 3. The zero-order chi connectivity index (χ0) is 22.5. The molecule has 0 saturated heterocycles. The first-order chi connectivity index (χ1) is 15.0. The zero-order valence-electron chi connectivity index (χ0n) is 17.6. The van der Waals surface area contributed by atoms with E-state index in [1.807, 2.05) is 13.8 Å². The average molecular weight is 438 g/mol. The van der Waals surface area contributed by atoms with Crippen molar-refractivity contribution in [2.75, 3.05) is 26.2 Å². The van der Waals surface area contributed by atoms with E-state index in [0.29, 0.717) is 43.5 Å².